The molecule has 0 aromatic carbocycles. The van der Waals surface area contributed by atoms with Crippen LogP contribution in [-0.2, 0) is 19.0 Å². The van der Waals surface area contributed by atoms with E-state index >= 15 is 0 Å². The zero-order valence-electron chi connectivity index (χ0n) is 12.8. The molecule has 0 aromatic heterocycles. The smallest absolute Gasteiger partial charge is 0.308 e. The number of allylic oxidation sites excluding steroid dienone is 1. The third-order valence-corrected chi connectivity index (χ3v) is 3.32. The first-order valence-electron chi connectivity index (χ1n) is 7.14. The summed E-state index contributed by atoms with van der Waals surface area (Å²) in [5.41, 5.74) is 0. The average Bonchev–Trinajstić information content (AvgIpc) is 2.71. The fourth-order valence-electron chi connectivity index (χ4n) is 2.39. The Bertz CT molecular complexity index is 337. The molecule has 116 valence electrons. The maximum Gasteiger partial charge on any atom is 0.308 e. The molecule has 0 amide bonds. The van der Waals surface area contributed by atoms with Crippen LogP contribution in [0, 0.1) is 5.92 Å². The van der Waals surface area contributed by atoms with Crippen LogP contribution in [0.5, 0.6) is 0 Å². The lowest BCUT2D eigenvalue weighted by Gasteiger charge is -2.16. The monoisotopic (exact) mass is 286 g/mol. The standard InChI is InChI=1S/C15H26O5/c1-5-7-11(14(17)18-4)8-6-9-12-13(10-16)20-15(2,3)19-12/h6,9,11-13,16H,5,7-8,10H2,1-4H3/b9-6+/t11?,12-,13+/m0/s1. The summed E-state index contributed by atoms with van der Waals surface area (Å²) in [4.78, 5) is 11.6. The van der Waals surface area contributed by atoms with Crippen LogP contribution in [0.1, 0.15) is 40.0 Å². The lowest BCUT2D eigenvalue weighted by atomic mass is 9.99. The summed E-state index contributed by atoms with van der Waals surface area (Å²) >= 11 is 0. The Hall–Kier alpha value is -0.910. The molecule has 1 aliphatic rings. The van der Waals surface area contributed by atoms with Crippen molar-refractivity contribution in [3.63, 3.8) is 0 Å². The number of methoxy groups -OCH3 is 1. The van der Waals surface area contributed by atoms with Gasteiger partial charge in [-0.2, -0.15) is 0 Å². The fourth-order valence-corrected chi connectivity index (χ4v) is 2.39. The molecular formula is C15H26O5. The van der Waals surface area contributed by atoms with Crippen molar-refractivity contribution in [1.29, 1.82) is 0 Å². The Balaban J connectivity index is 2.56. The molecule has 1 N–H and O–H groups in total. The molecule has 20 heavy (non-hydrogen) atoms. The first-order valence-corrected chi connectivity index (χ1v) is 7.14. The van der Waals surface area contributed by atoms with Gasteiger partial charge in [-0.15, -0.1) is 0 Å². The minimum absolute atomic E-state index is 0.0895. The molecule has 1 heterocycles. The minimum atomic E-state index is -0.687. The lowest BCUT2D eigenvalue weighted by molar-refractivity contribution is -0.147. The van der Waals surface area contributed by atoms with Crippen LogP contribution < -0.4 is 0 Å². The Morgan fingerprint density at radius 2 is 2.15 bits per heavy atom. The van der Waals surface area contributed by atoms with Gasteiger partial charge >= 0.3 is 5.97 Å². The number of aliphatic hydroxyl groups is 1. The molecule has 5 nitrogen and oxygen atoms in total. The molecule has 5 heteroatoms. The molecule has 0 aromatic rings. The molecule has 0 radical (unpaired) electrons. The van der Waals surface area contributed by atoms with Crippen LogP contribution in [0.4, 0.5) is 0 Å². The maximum atomic E-state index is 11.6. The van der Waals surface area contributed by atoms with Gasteiger partial charge in [-0.25, -0.2) is 0 Å². The fraction of sp³-hybridized carbons (Fsp3) is 0.800. The summed E-state index contributed by atoms with van der Waals surface area (Å²) in [7, 11) is 1.41. The second kappa shape index (κ2) is 7.76. The van der Waals surface area contributed by atoms with Crippen molar-refractivity contribution in [1.82, 2.24) is 0 Å². The van der Waals surface area contributed by atoms with Gasteiger partial charge < -0.3 is 19.3 Å². The Kier molecular flexibility index (Phi) is 6.65. The summed E-state index contributed by atoms with van der Waals surface area (Å²) in [6, 6.07) is 0. The SMILES string of the molecule is CCCC(C/C=C/[C@@H]1OC(C)(C)O[C@@H]1CO)C(=O)OC. The molecule has 3 atom stereocenters. The zero-order valence-corrected chi connectivity index (χ0v) is 12.8. The number of ether oxygens (including phenoxy) is 3. The zero-order chi connectivity index (χ0) is 15.2. The van der Waals surface area contributed by atoms with Gasteiger partial charge in [-0.05, 0) is 26.7 Å². The van der Waals surface area contributed by atoms with Crippen LogP contribution in [0.2, 0.25) is 0 Å². The first kappa shape index (κ1) is 17.1. The van der Waals surface area contributed by atoms with Gasteiger partial charge in [0.25, 0.3) is 0 Å². The molecule has 1 unspecified atom stereocenters. The number of hydrogen-bond acceptors (Lipinski definition) is 5. The lowest BCUT2D eigenvalue weighted by Crippen LogP contribution is -2.24. The predicted octanol–water partition coefficient (Wildman–Crippen LogP) is 2.03. The van der Waals surface area contributed by atoms with E-state index in [0.29, 0.717) is 6.42 Å². The molecule has 0 spiro atoms. The summed E-state index contributed by atoms with van der Waals surface area (Å²) in [5, 5.41) is 9.27. The van der Waals surface area contributed by atoms with Crippen LogP contribution in [0.3, 0.4) is 0 Å². The van der Waals surface area contributed by atoms with Gasteiger partial charge in [0.1, 0.15) is 12.2 Å². The molecule has 1 aliphatic heterocycles. The average molecular weight is 286 g/mol. The summed E-state index contributed by atoms with van der Waals surface area (Å²) < 4.78 is 16.1. The third kappa shape index (κ3) is 4.89. The van der Waals surface area contributed by atoms with Gasteiger partial charge in [0.2, 0.25) is 0 Å². The highest BCUT2D eigenvalue weighted by atomic mass is 16.8. The topological polar surface area (TPSA) is 65.0 Å². The predicted molar refractivity (Wildman–Crippen MR) is 75.1 cm³/mol. The van der Waals surface area contributed by atoms with Gasteiger partial charge in [0.05, 0.1) is 19.6 Å². The minimum Gasteiger partial charge on any atom is -0.469 e. The van der Waals surface area contributed by atoms with E-state index in [0.717, 1.165) is 12.8 Å². The first-order chi connectivity index (χ1) is 9.43. The van der Waals surface area contributed by atoms with E-state index in [1.54, 1.807) is 0 Å². The van der Waals surface area contributed by atoms with Crippen molar-refractivity contribution in [2.45, 2.75) is 58.0 Å². The number of carbonyl (C=O) groups excluding carboxylic acids is 1. The van der Waals surface area contributed by atoms with E-state index in [2.05, 4.69) is 0 Å². The van der Waals surface area contributed by atoms with E-state index in [-0.39, 0.29) is 30.7 Å². The Morgan fingerprint density at radius 3 is 2.70 bits per heavy atom. The number of hydrogen-bond donors (Lipinski definition) is 1. The Morgan fingerprint density at radius 1 is 1.45 bits per heavy atom. The number of carbonyl (C=O) groups is 1. The molecule has 1 saturated heterocycles. The van der Waals surface area contributed by atoms with Gasteiger partial charge in [-0.3, -0.25) is 4.79 Å². The second-order valence-electron chi connectivity index (χ2n) is 5.49. The van der Waals surface area contributed by atoms with Gasteiger partial charge in [-0.1, -0.05) is 25.5 Å². The Labute approximate surface area is 120 Å². The van der Waals surface area contributed by atoms with E-state index in [1.807, 2.05) is 32.9 Å². The highest BCUT2D eigenvalue weighted by Gasteiger charge is 2.39. The molecular weight excluding hydrogens is 260 g/mol. The van der Waals surface area contributed by atoms with Crippen molar-refractivity contribution in [3.05, 3.63) is 12.2 Å². The molecule has 1 rings (SSSR count). The van der Waals surface area contributed by atoms with E-state index < -0.39 is 5.79 Å². The molecule has 0 saturated carbocycles. The highest BCUT2D eigenvalue weighted by Crippen LogP contribution is 2.29. The summed E-state index contributed by atoms with van der Waals surface area (Å²) in [6.07, 6.45) is 5.48. The van der Waals surface area contributed by atoms with Gasteiger partial charge in [0.15, 0.2) is 5.79 Å². The summed E-state index contributed by atoms with van der Waals surface area (Å²) in [6.45, 7) is 5.58. The van der Waals surface area contributed by atoms with Crippen molar-refractivity contribution in [2.75, 3.05) is 13.7 Å². The maximum absolute atomic E-state index is 11.6. The number of rotatable bonds is 7. The van der Waals surface area contributed by atoms with Crippen LogP contribution >= 0.6 is 0 Å². The van der Waals surface area contributed by atoms with Crippen LogP contribution in [0.15, 0.2) is 12.2 Å². The molecule has 0 aliphatic carbocycles. The number of esters is 1. The quantitative estimate of drug-likeness (QED) is 0.573. The summed E-state index contributed by atoms with van der Waals surface area (Å²) in [5.74, 6) is -0.989. The normalized spacial score (nSPS) is 26.9. The van der Waals surface area contributed by atoms with E-state index in [4.69, 9.17) is 14.2 Å². The van der Waals surface area contributed by atoms with Crippen molar-refractivity contribution < 1.29 is 24.1 Å². The van der Waals surface area contributed by atoms with Crippen molar-refractivity contribution in [2.24, 2.45) is 5.92 Å². The van der Waals surface area contributed by atoms with Gasteiger partial charge in [0, 0.05) is 0 Å². The van der Waals surface area contributed by atoms with Crippen LogP contribution in [0.25, 0.3) is 0 Å². The largest absolute Gasteiger partial charge is 0.469 e. The van der Waals surface area contributed by atoms with Crippen molar-refractivity contribution in [3.8, 4) is 0 Å². The van der Waals surface area contributed by atoms with Crippen molar-refractivity contribution >= 4 is 5.97 Å². The molecule has 1 fully saturated rings. The highest BCUT2D eigenvalue weighted by molar-refractivity contribution is 5.72. The third-order valence-electron chi connectivity index (χ3n) is 3.32. The molecule has 0 bridgehead atoms. The van der Waals surface area contributed by atoms with Crippen LogP contribution in [-0.4, -0.2) is 42.8 Å². The van der Waals surface area contributed by atoms with E-state index in [1.165, 1.54) is 7.11 Å². The second-order valence-corrected chi connectivity index (χ2v) is 5.49. The van der Waals surface area contributed by atoms with E-state index in [9.17, 15) is 9.90 Å². The number of aliphatic hydroxyl groups excluding tert-OH is 1.